The molecule has 0 saturated carbocycles. The van der Waals surface area contributed by atoms with Crippen LogP contribution in [0.4, 0.5) is 4.79 Å². The van der Waals surface area contributed by atoms with E-state index in [9.17, 15) is 4.79 Å². The highest BCUT2D eigenvalue weighted by Gasteiger charge is 2.19. The smallest absolute Gasteiger partial charge is 0.422 e. The Balaban J connectivity index is 2.38. The molecule has 1 aromatic rings. The second kappa shape index (κ2) is 5.83. The summed E-state index contributed by atoms with van der Waals surface area (Å²) in [6.45, 7) is 12.1. The van der Waals surface area contributed by atoms with Crippen molar-refractivity contribution in [2.45, 2.75) is 59.1 Å². The molecule has 108 valence electrons. The van der Waals surface area contributed by atoms with Gasteiger partial charge in [-0.15, -0.1) is 10.2 Å². The van der Waals surface area contributed by atoms with Gasteiger partial charge in [0, 0.05) is 5.41 Å². The van der Waals surface area contributed by atoms with Crippen molar-refractivity contribution < 1.29 is 9.53 Å². The van der Waals surface area contributed by atoms with Crippen molar-refractivity contribution in [3.8, 4) is 0 Å². The molecular formula is C12H22N4O2S. The molecule has 0 saturated heterocycles. The maximum atomic E-state index is 11.4. The molecule has 1 rings (SSSR count). The van der Waals surface area contributed by atoms with Gasteiger partial charge in [-0.25, -0.2) is 10.2 Å². The number of rotatable bonds is 3. The number of hydrazine groups is 1. The Morgan fingerprint density at radius 2 is 1.84 bits per heavy atom. The van der Waals surface area contributed by atoms with Crippen LogP contribution in [0.25, 0.3) is 0 Å². The minimum atomic E-state index is -0.506. The lowest BCUT2D eigenvalue weighted by molar-refractivity contribution is 0.0497. The number of amides is 1. The first kappa shape index (κ1) is 15.8. The predicted molar refractivity (Wildman–Crippen MR) is 74.8 cm³/mol. The zero-order valence-corrected chi connectivity index (χ0v) is 13.1. The van der Waals surface area contributed by atoms with Crippen molar-refractivity contribution in [1.29, 1.82) is 0 Å². The molecule has 0 aliphatic heterocycles. The predicted octanol–water partition coefficient (Wildman–Crippen LogP) is 2.36. The van der Waals surface area contributed by atoms with Crippen LogP contribution in [0.5, 0.6) is 0 Å². The second-order valence-corrected chi connectivity index (χ2v) is 7.29. The van der Waals surface area contributed by atoms with Gasteiger partial charge in [-0.3, -0.25) is 5.43 Å². The summed E-state index contributed by atoms with van der Waals surface area (Å²) in [4.78, 5) is 11.4. The molecule has 0 fully saturated rings. The van der Waals surface area contributed by atoms with E-state index in [0.717, 1.165) is 10.0 Å². The van der Waals surface area contributed by atoms with Crippen molar-refractivity contribution in [3.05, 3.63) is 10.0 Å². The molecule has 0 spiro atoms. The van der Waals surface area contributed by atoms with Crippen LogP contribution in [0.2, 0.25) is 0 Å². The second-order valence-electron chi connectivity index (χ2n) is 6.23. The number of hydrogen-bond acceptors (Lipinski definition) is 6. The van der Waals surface area contributed by atoms with Crippen LogP contribution in [0.1, 0.15) is 51.6 Å². The van der Waals surface area contributed by atoms with E-state index in [4.69, 9.17) is 4.74 Å². The number of nitrogens with zero attached hydrogens (tertiary/aromatic N) is 2. The van der Waals surface area contributed by atoms with Gasteiger partial charge < -0.3 is 4.74 Å². The molecule has 0 unspecified atom stereocenters. The van der Waals surface area contributed by atoms with Crippen molar-refractivity contribution >= 4 is 17.4 Å². The molecule has 0 atom stereocenters. The maximum Gasteiger partial charge on any atom is 0.422 e. The van der Waals surface area contributed by atoms with E-state index in [1.54, 1.807) is 0 Å². The van der Waals surface area contributed by atoms with Crippen LogP contribution in [-0.4, -0.2) is 21.9 Å². The highest BCUT2D eigenvalue weighted by molar-refractivity contribution is 7.11. The third-order valence-electron chi connectivity index (χ3n) is 1.94. The van der Waals surface area contributed by atoms with Gasteiger partial charge in [0.15, 0.2) is 0 Å². The molecule has 0 aromatic carbocycles. The number of aromatic nitrogens is 2. The van der Waals surface area contributed by atoms with E-state index < -0.39 is 11.7 Å². The molecule has 0 bridgehead atoms. The number of ether oxygens (including phenoxy) is 1. The molecule has 0 radical (unpaired) electrons. The average molecular weight is 286 g/mol. The van der Waals surface area contributed by atoms with Gasteiger partial charge in [0.25, 0.3) is 0 Å². The summed E-state index contributed by atoms with van der Waals surface area (Å²) in [7, 11) is 0. The molecule has 0 aliphatic carbocycles. The number of hydrogen-bond donors (Lipinski definition) is 2. The lowest BCUT2D eigenvalue weighted by atomic mass is 9.98. The average Bonchev–Trinajstić information content (AvgIpc) is 2.62. The van der Waals surface area contributed by atoms with E-state index >= 15 is 0 Å². The quantitative estimate of drug-likeness (QED) is 0.834. The molecule has 6 nitrogen and oxygen atoms in total. The van der Waals surface area contributed by atoms with Crippen LogP contribution in [0.15, 0.2) is 0 Å². The normalized spacial score (nSPS) is 12.3. The monoisotopic (exact) mass is 286 g/mol. The maximum absolute atomic E-state index is 11.4. The van der Waals surface area contributed by atoms with E-state index in [-0.39, 0.29) is 5.41 Å². The van der Waals surface area contributed by atoms with Crippen molar-refractivity contribution in [2.75, 3.05) is 0 Å². The standard InChI is InChI=1S/C12H22N4O2S/c1-11(2,3)9-15-14-8(19-9)7-13-16-10(17)18-12(4,5)6/h13H,7H2,1-6H3,(H,16,17). The number of nitrogens with one attached hydrogen (secondary N) is 2. The Morgan fingerprint density at radius 3 is 2.32 bits per heavy atom. The lowest BCUT2D eigenvalue weighted by Gasteiger charge is -2.19. The zero-order valence-electron chi connectivity index (χ0n) is 12.3. The highest BCUT2D eigenvalue weighted by Crippen LogP contribution is 2.24. The van der Waals surface area contributed by atoms with Gasteiger partial charge in [-0.1, -0.05) is 32.1 Å². The fourth-order valence-electron chi connectivity index (χ4n) is 1.12. The van der Waals surface area contributed by atoms with E-state index in [2.05, 4.69) is 41.8 Å². The van der Waals surface area contributed by atoms with Gasteiger partial charge in [-0.05, 0) is 20.8 Å². The summed E-state index contributed by atoms with van der Waals surface area (Å²) in [6, 6.07) is 0. The summed E-state index contributed by atoms with van der Waals surface area (Å²) in [5.41, 5.74) is 4.72. The van der Waals surface area contributed by atoms with Crippen LogP contribution in [0.3, 0.4) is 0 Å². The molecule has 1 aromatic heterocycles. The summed E-state index contributed by atoms with van der Waals surface area (Å²) in [5, 5.41) is 9.99. The van der Waals surface area contributed by atoms with Crippen molar-refractivity contribution in [1.82, 2.24) is 21.0 Å². The molecule has 0 aliphatic rings. The van der Waals surface area contributed by atoms with Crippen LogP contribution in [0, 0.1) is 0 Å². The Morgan fingerprint density at radius 1 is 1.21 bits per heavy atom. The highest BCUT2D eigenvalue weighted by atomic mass is 32.1. The minimum Gasteiger partial charge on any atom is -0.443 e. The third kappa shape index (κ3) is 5.98. The fraction of sp³-hybridized carbons (Fsp3) is 0.750. The fourth-order valence-corrected chi connectivity index (χ4v) is 1.96. The first-order valence-electron chi connectivity index (χ1n) is 6.12. The molecule has 2 N–H and O–H groups in total. The Labute approximate surface area is 117 Å². The van der Waals surface area contributed by atoms with Gasteiger partial charge in [0.2, 0.25) is 0 Å². The van der Waals surface area contributed by atoms with E-state index in [0.29, 0.717) is 6.54 Å². The molecule has 7 heteroatoms. The minimum absolute atomic E-state index is 0.00545. The third-order valence-corrected chi connectivity index (χ3v) is 3.29. The van der Waals surface area contributed by atoms with E-state index in [1.807, 2.05) is 20.8 Å². The van der Waals surface area contributed by atoms with Gasteiger partial charge >= 0.3 is 6.09 Å². The van der Waals surface area contributed by atoms with Crippen LogP contribution in [-0.2, 0) is 16.7 Å². The van der Waals surface area contributed by atoms with Gasteiger partial charge in [0.05, 0.1) is 6.54 Å². The first-order valence-corrected chi connectivity index (χ1v) is 6.94. The first-order chi connectivity index (χ1) is 8.58. The summed E-state index contributed by atoms with van der Waals surface area (Å²) >= 11 is 1.53. The SMILES string of the molecule is CC(C)(C)OC(=O)NNCc1nnc(C(C)(C)C)s1. The molecular weight excluding hydrogens is 264 g/mol. The topological polar surface area (TPSA) is 76.1 Å². The summed E-state index contributed by atoms with van der Waals surface area (Å²) < 4.78 is 5.09. The Bertz CT molecular complexity index is 432. The summed E-state index contributed by atoms with van der Waals surface area (Å²) in [6.07, 6.45) is -0.506. The van der Waals surface area contributed by atoms with Gasteiger partial charge in [-0.2, -0.15) is 0 Å². The number of carbonyl (C=O) groups excluding carboxylic acids is 1. The van der Waals surface area contributed by atoms with Crippen molar-refractivity contribution in [3.63, 3.8) is 0 Å². The van der Waals surface area contributed by atoms with Gasteiger partial charge in [0.1, 0.15) is 15.6 Å². The zero-order chi connectivity index (χ0) is 14.7. The van der Waals surface area contributed by atoms with E-state index in [1.165, 1.54) is 11.3 Å². The Kier molecular flexibility index (Phi) is 4.86. The number of carbonyl (C=O) groups is 1. The van der Waals surface area contributed by atoms with Crippen molar-refractivity contribution in [2.24, 2.45) is 0 Å². The van der Waals surface area contributed by atoms with Crippen LogP contribution >= 0.6 is 11.3 Å². The van der Waals surface area contributed by atoms with Crippen LogP contribution < -0.4 is 10.9 Å². The molecule has 1 amide bonds. The lowest BCUT2D eigenvalue weighted by Crippen LogP contribution is -2.40. The Hall–Kier alpha value is -1.21. The molecule has 19 heavy (non-hydrogen) atoms. The largest absolute Gasteiger partial charge is 0.443 e. The molecule has 1 heterocycles. The summed E-state index contributed by atoms with van der Waals surface area (Å²) in [5.74, 6) is 0.